The lowest BCUT2D eigenvalue weighted by molar-refractivity contribution is -0.143. The summed E-state index contributed by atoms with van der Waals surface area (Å²) >= 11 is 0. The lowest BCUT2D eigenvalue weighted by Gasteiger charge is -2.24. The summed E-state index contributed by atoms with van der Waals surface area (Å²) in [6.07, 6.45) is 1.76. The number of nitrogens with one attached hydrogen (secondary N) is 1. The van der Waals surface area contributed by atoms with Gasteiger partial charge in [-0.25, -0.2) is 9.48 Å². The Morgan fingerprint density at radius 2 is 1.96 bits per heavy atom. The summed E-state index contributed by atoms with van der Waals surface area (Å²) in [6.45, 7) is 6.97. The molecule has 0 saturated heterocycles. The number of para-hydroxylation sites is 1. The van der Waals surface area contributed by atoms with Crippen LogP contribution in [0.2, 0.25) is 0 Å². The first-order valence-electron chi connectivity index (χ1n) is 7.46. The third-order valence-corrected chi connectivity index (χ3v) is 4.17. The standard InChI is InChI=1S/C17H21N3O3/c1-5-17(4,16(22)23)19-15(21)13-10-18-20(12(13)3)14-9-7-6-8-11(14)2/h6-10H,5H2,1-4H3,(H,19,21)(H,22,23). The minimum atomic E-state index is -1.30. The molecule has 0 spiro atoms. The van der Waals surface area contributed by atoms with Crippen molar-refractivity contribution in [3.8, 4) is 5.69 Å². The molecule has 0 aliphatic carbocycles. The summed E-state index contributed by atoms with van der Waals surface area (Å²) in [6, 6.07) is 7.73. The summed E-state index contributed by atoms with van der Waals surface area (Å²) in [5.74, 6) is -1.49. The molecule has 122 valence electrons. The number of amides is 1. The number of aliphatic carboxylic acids is 1. The van der Waals surface area contributed by atoms with E-state index < -0.39 is 17.4 Å². The maximum Gasteiger partial charge on any atom is 0.329 e. The fourth-order valence-corrected chi connectivity index (χ4v) is 2.29. The molecule has 23 heavy (non-hydrogen) atoms. The number of carboxylic acids is 1. The Morgan fingerprint density at radius 3 is 2.52 bits per heavy atom. The monoisotopic (exact) mass is 315 g/mol. The van der Waals surface area contributed by atoms with Gasteiger partial charge in [-0.1, -0.05) is 25.1 Å². The average Bonchev–Trinajstić information content (AvgIpc) is 2.89. The van der Waals surface area contributed by atoms with Crippen LogP contribution in [0.15, 0.2) is 30.5 Å². The van der Waals surface area contributed by atoms with Gasteiger partial charge in [0, 0.05) is 0 Å². The topological polar surface area (TPSA) is 84.2 Å². The molecule has 1 aromatic carbocycles. The Labute approximate surface area is 135 Å². The normalized spacial score (nSPS) is 13.4. The summed E-state index contributed by atoms with van der Waals surface area (Å²) in [7, 11) is 0. The van der Waals surface area contributed by atoms with Crippen molar-refractivity contribution in [1.29, 1.82) is 0 Å². The second-order valence-electron chi connectivity index (χ2n) is 5.79. The Bertz CT molecular complexity index is 751. The maximum atomic E-state index is 12.4. The lowest BCUT2D eigenvalue weighted by Crippen LogP contribution is -2.51. The minimum absolute atomic E-state index is 0.291. The minimum Gasteiger partial charge on any atom is -0.480 e. The first kappa shape index (κ1) is 16.7. The number of carboxylic acid groups (broad SMARTS) is 1. The molecule has 0 radical (unpaired) electrons. The van der Waals surface area contributed by atoms with Crippen molar-refractivity contribution >= 4 is 11.9 Å². The van der Waals surface area contributed by atoms with Crippen LogP contribution in [-0.4, -0.2) is 32.3 Å². The van der Waals surface area contributed by atoms with Crippen LogP contribution in [0.1, 0.15) is 41.9 Å². The van der Waals surface area contributed by atoms with Crippen molar-refractivity contribution in [2.24, 2.45) is 0 Å². The van der Waals surface area contributed by atoms with Gasteiger partial charge in [0.25, 0.3) is 5.91 Å². The fourth-order valence-electron chi connectivity index (χ4n) is 2.29. The summed E-state index contributed by atoms with van der Waals surface area (Å²) in [5, 5.41) is 16.1. The highest BCUT2D eigenvalue weighted by Crippen LogP contribution is 2.18. The van der Waals surface area contributed by atoms with Gasteiger partial charge >= 0.3 is 5.97 Å². The second-order valence-corrected chi connectivity index (χ2v) is 5.79. The van der Waals surface area contributed by atoms with Crippen LogP contribution in [0, 0.1) is 13.8 Å². The molecule has 1 aromatic heterocycles. The number of hydrogen-bond acceptors (Lipinski definition) is 3. The summed E-state index contributed by atoms with van der Waals surface area (Å²) in [4.78, 5) is 23.8. The van der Waals surface area contributed by atoms with E-state index >= 15 is 0 Å². The van der Waals surface area contributed by atoms with Crippen molar-refractivity contribution < 1.29 is 14.7 Å². The molecular weight excluding hydrogens is 294 g/mol. The predicted octanol–water partition coefficient (Wildman–Crippen LogP) is 2.47. The lowest BCUT2D eigenvalue weighted by atomic mass is 9.98. The van der Waals surface area contributed by atoms with Gasteiger partial charge in [0.15, 0.2) is 0 Å². The van der Waals surface area contributed by atoms with E-state index in [4.69, 9.17) is 0 Å². The number of carbonyl (C=O) groups is 2. The maximum absolute atomic E-state index is 12.4. The quantitative estimate of drug-likeness (QED) is 0.887. The average molecular weight is 315 g/mol. The van der Waals surface area contributed by atoms with Crippen LogP contribution in [-0.2, 0) is 4.79 Å². The molecule has 0 fully saturated rings. The summed E-state index contributed by atoms with van der Waals surface area (Å²) < 4.78 is 1.69. The summed E-state index contributed by atoms with van der Waals surface area (Å²) in [5.41, 5.74) is 1.67. The van der Waals surface area contributed by atoms with Gasteiger partial charge in [-0.15, -0.1) is 0 Å². The van der Waals surface area contributed by atoms with Crippen molar-refractivity contribution in [2.45, 2.75) is 39.7 Å². The zero-order valence-electron chi connectivity index (χ0n) is 13.8. The molecular formula is C17H21N3O3. The van der Waals surface area contributed by atoms with Gasteiger partial charge in [0.05, 0.1) is 23.1 Å². The number of carbonyl (C=O) groups excluding carboxylic acids is 1. The van der Waals surface area contributed by atoms with E-state index in [0.717, 1.165) is 11.3 Å². The molecule has 0 bridgehead atoms. The molecule has 1 heterocycles. The molecule has 0 aliphatic rings. The highest BCUT2D eigenvalue weighted by Gasteiger charge is 2.33. The van der Waals surface area contributed by atoms with Gasteiger partial charge in [-0.05, 0) is 38.8 Å². The van der Waals surface area contributed by atoms with Gasteiger partial charge in [-0.3, -0.25) is 4.79 Å². The number of rotatable bonds is 5. The molecule has 6 nitrogen and oxygen atoms in total. The van der Waals surface area contributed by atoms with E-state index in [1.165, 1.54) is 13.1 Å². The SMILES string of the molecule is CCC(C)(NC(=O)c1cnn(-c2ccccc2C)c1C)C(=O)O. The Hall–Kier alpha value is -2.63. The smallest absolute Gasteiger partial charge is 0.329 e. The molecule has 2 aromatic rings. The van der Waals surface area contributed by atoms with Crippen molar-refractivity contribution in [2.75, 3.05) is 0 Å². The van der Waals surface area contributed by atoms with E-state index in [2.05, 4.69) is 10.4 Å². The van der Waals surface area contributed by atoms with Gasteiger partial charge in [0.1, 0.15) is 5.54 Å². The number of aromatic nitrogens is 2. The van der Waals surface area contributed by atoms with Gasteiger partial charge < -0.3 is 10.4 Å². The number of hydrogen-bond donors (Lipinski definition) is 2. The van der Waals surface area contributed by atoms with Crippen LogP contribution in [0.25, 0.3) is 5.69 Å². The van der Waals surface area contributed by atoms with Gasteiger partial charge in [-0.2, -0.15) is 5.10 Å². The van der Waals surface area contributed by atoms with Crippen LogP contribution in [0.5, 0.6) is 0 Å². The van der Waals surface area contributed by atoms with E-state index in [1.54, 1.807) is 18.5 Å². The van der Waals surface area contributed by atoms with Crippen LogP contribution in [0.4, 0.5) is 0 Å². The number of nitrogens with zero attached hydrogens (tertiary/aromatic N) is 2. The molecule has 1 atom stereocenters. The van der Waals surface area contributed by atoms with E-state index in [1.807, 2.05) is 31.2 Å². The highest BCUT2D eigenvalue weighted by atomic mass is 16.4. The largest absolute Gasteiger partial charge is 0.480 e. The molecule has 6 heteroatoms. The van der Waals surface area contributed by atoms with Crippen LogP contribution < -0.4 is 5.32 Å². The molecule has 1 unspecified atom stereocenters. The van der Waals surface area contributed by atoms with Gasteiger partial charge in [0.2, 0.25) is 0 Å². The fraction of sp³-hybridized carbons (Fsp3) is 0.353. The Balaban J connectivity index is 2.35. The van der Waals surface area contributed by atoms with E-state index in [9.17, 15) is 14.7 Å². The van der Waals surface area contributed by atoms with Crippen LogP contribution in [0.3, 0.4) is 0 Å². The van der Waals surface area contributed by atoms with E-state index in [0.29, 0.717) is 17.7 Å². The molecule has 2 rings (SSSR count). The molecule has 0 saturated carbocycles. The van der Waals surface area contributed by atoms with Crippen molar-refractivity contribution in [1.82, 2.24) is 15.1 Å². The first-order chi connectivity index (χ1) is 10.8. The van der Waals surface area contributed by atoms with Crippen LogP contribution >= 0.6 is 0 Å². The van der Waals surface area contributed by atoms with Crippen molar-refractivity contribution in [3.63, 3.8) is 0 Å². The molecule has 1 amide bonds. The number of benzene rings is 1. The molecule has 0 aliphatic heterocycles. The zero-order valence-corrected chi connectivity index (χ0v) is 13.8. The highest BCUT2D eigenvalue weighted by molar-refractivity contribution is 5.98. The van der Waals surface area contributed by atoms with Crippen molar-refractivity contribution in [3.05, 3.63) is 47.3 Å². The first-order valence-corrected chi connectivity index (χ1v) is 7.46. The zero-order chi connectivity index (χ0) is 17.2. The third-order valence-electron chi connectivity index (χ3n) is 4.17. The Kier molecular flexibility index (Phi) is 4.54. The molecule has 2 N–H and O–H groups in total. The number of aryl methyl sites for hydroxylation is 1. The second kappa shape index (κ2) is 6.24. The predicted molar refractivity (Wildman–Crippen MR) is 86.8 cm³/mol. The third kappa shape index (κ3) is 3.11. The van der Waals surface area contributed by atoms with E-state index in [-0.39, 0.29) is 0 Å². The Morgan fingerprint density at radius 1 is 1.30 bits per heavy atom.